The highest BCUT2D eigenvalue weighted by atomic mass is 32.2. The van der Waals surface area contributed by atoms with Gasteiger partial charge in [0.15, 0.2) is 0 Å². The van der Waals surface area contributed by atoms with Crippen molar-refractivity contribution in [2.45, 2.75) is 58.4 Å². The van der Waals surface area contributed by atoms with E-state index in [1.165, 1.54) is 4.31 Å². The molecule has 2 aromatic rings. The fraction of sp³-hybridized carbons (Fsp3) is 0.435. The molecule has 0 aromatic heterocycles. The van der Waals surface area contributed by atoms with E-state index in [9.17, 15) is 13.2 Å². The van der Waals surface area contributed by atoms with Crippen LogP contribution in [-0.4, -0.2) is 26.9 Å². The van der Waals surface area contributed by atoms with Crippen LogP contribution in [0.15, 0.2) is 53.4 Å². The predicted molar refractivity (Wildman–Crippen MR) is 119 cm³/mol. The lowest BCUT2D eigenvalue weighted by Gasteiger charge is -2.26. The van der Waals surface area contributed by atoms with Gasteiger partial charge in [0.25, 0.3) is 10.0 Å². The van der Waals surface area contributed by atoms with Crippen LogP contribution < -0.4 is 9.62 Å². The molecule has 0 spiro atoms. The summed E-state index contributed by atoms with van der Waals surface area (Å²) in [6.07, 6.45) is 0. The molecule has 158 valence electrons. The van der Waals surface area contributed by atoms with Crippen molar-refractivity contribution in [3.8, 4) is 0 Å². The Morgan fingerprint density at radius 1 is 0.931 bits per heavy atom. The zero-order valence-electron chi connectivity index (χ0n) is 18.1. The highest BCUT2D eigenvalue weighted by Crippen LogP contribution is 2.26. The molecule has 1 amide bonds. The summed E-state index contributed by atoms with van der Waals surface area (Å²) < 4.78 is 27.9. The SMILES string of the molecule is Cc1ccc(S(=O)(=O)N(CC(=O)N[C@@H](C)C(C)C)c2ccc(C(C)C)cc2)cc1. The van der Waals surface area contributed by atoms with Gasteiger partial charge in [0.2, 0.25) is 5.91 Å². The maximum atomic E-state index is 13.4. The number of hydrogen-bond acceptors (Lipinski definition) is 3. The average Bonchev–Trinajstić information content (AvgIpc) is 2.66. The van der Waals surface area contributed by atoms with E-state index in [2.05, 4.69) is 19.2 Å². The van der Waals surface area contributed by atoms with Crippen molar-refractivity contribution in [1.82, 2.24) is 5.32 Å². The van der Waals surface area contributed by atoms with Crippen LogP contribution in [0.3, 0.4) is 0 Å². The summed E-state index contributed by atoms with van der Waals surface area (Å²) in [6.45, 7) is 11.7. The molecule has 0 saturated carbocycles. The van der Waals surface area contributed by atoms with E-state index in [0.717, 1.165) is 11.1 Å². The summed E-state index contributed by atoms with van der Waals surface area (Å²) in [5.41, 5.74) is 2.56. The van der Waals surface area contributed by atoms with Gasteiger partial charge in [-0.1, -0.05) is 57.5 Å². The van der Waals surface area contributed by atoms with Crippen molar-refractivity contribution >= 4 is 21.6 Å². The van der Waals surface area contributed by atoms with E-state index in [-0.39, 0.29) is 29.3 Å². The number of rotatable bonds is 8. The van der Waals surface area contributed by atoms with E-state index in [1.54, 1.807) is 36.4 Å². The summed E-state index contributed by atoms with van der Waals surface area (Å²) in [5.74, 6) is 0.266. The lowest BCUT2D eigenvalue weighted by atomic mass is 10.0. The molecule has 29 heavy (non-hydrogen) atoms. The van der Waals surface area contributed by atoms with Crippen LogP contribution in [0.25, 0.3) is 0 Å². The number of benzene rings is 2. The minimum Gasteiger partial charge on any atom is -0.352 e. The number of nitrogens with one attached hydrogen (secondary N) is 1. The smallest absolute Gasteiger partial charge is 0.264 e. The van der Waals surface area contributed by atoms with Crippen molar-refractivity contribution in [1.29, 1.82) is 0 Å². The van der Waals surface area contributed by atoms with Crippen LogP contribution in [0.1, 0.15) is 51.7 Å². The second-order valence-electron chi connectivity index (χ2n) is 8.17. The van der Waals surface area contributed by atoms with Gasteiger partial charge in [0, 0.05) is 6.04 Å². The number of nitrogens with zero attached hydrogens (tertiary/aromatic N) is 1. The highest BCUT2D eigenvalue weighted by Gasteiger charge is 2.28. The Balaban J connectivity index is 2.41. The quantitative estimate of drug-likeness (QED) is 0.690. The molecule has 0 bridgehead atoms. The lowest BCUT2D eigenvalue weighted by Crippen LogP contribution is -2.45. The molecule has 2 aromatic carbocycles. The first kappa shape index (κ1) is 22.9. The summed E-state index contributed by atoms with van der Waals surface area (Å²) in [5, 5.41) is 2.90. The molecule has 6 heteroatoms. The first-order valence-corrected chi connectivity index (χ1v) is 11.4. The van der Waals surface area contributed by atoms with Gasteiger partial charge in [-0.3, -0.25) is 9.10 Å². The number of amides is 1. The normalized spacial score (nSPS) is 12.8. The Morgan fingerprint density at radius 3 is 1.97 bits per heavy atom. The second kappa shape index (κ2) is 9.44. The minimum absolute atomic E-state index is 0.0465. The molecule has 2 rings (SSSR count). The molecule has 0 aliphatic heterocycles. The van der Waals surface area contributed by atoms with Gasteiger partial charge in [-0.05, 0) is 55.5 Å². The fourth-order valence-electron chi connectivity index (χ4n) is 2.77. The van der Waals surface area contributed by atoms with Gasteiger partial charge in [-0.25, -0.2) is 8.42 Å². The average molecular weight is 417 g/mol. The Labute approximate surface area is 175 Å². The van der Waals surface area contributed by atoms with Gasteiger partial charge in [-0.2, -0.15) is 0 Å². The molecular formula is C23H32N2O3S. The number of carbonyl (C=O) groups is 1. The summed E-state index contributed by atoms with van der Waals surface area (Å²) in [4.78, 5) is 12.8. The van der Waals surface area contributed by atoms with Gasteiger partial charge in [-0.15, -0.1) is 0 Å². The van der Waals surface area contributed by atoms with Gasteiger partial charge in [0.05, 0.1) is 10.6 Å². The molecule has 0 saturated heterocycles. The zero-order chi connectivity index (χ0) is 21.8. The van der Waals surface area contributed by atoms with Crippen LogP contribution in [-0.2, 0) is 14.8 Å². The largest absolute Gasteiger partial charge is 0.352 e. The van der Waals surface area contributed by atoms with Gasteiger partial charge >= 0.3 is 0 Å². The van der Waals surface area contributed by atoms with Crippen LogP contribution in [0.2, 0.25) is 0 Å². The molecule has 1 atom stereocenters. The Bertz CT molecular complexity index is 918. The lowest BCUT2D eigenvalue weighted by molar-refractivity contribution is -0.120. The molecule has 0 heterocycles. The first-order chi connectivity index (χ1) is 13.5. The fourth-order valence-corrected chi connectivity index (χ4v) is 4.20. The summed E-state index contributed by atoms with van der Waals surface area (Å²) in [7, 11) is -3.88. The number of hydrogen-bond donors (Lipinski definition) is 1. The molecule has 0 aliphatic rings. The van der Waals surface area contributed by atoms with Crippen LogP contribution >= 0.6 is 0 Å². The molecule has 0 unspecified atom stereocenters. The summed E-state index contributed by atoms with van der Waals surface area (Å²) >= 11 is 0. The zero-order valence-corrected chi connectivity index (χ0v) is 19.0. The molecule has 0 fully saturated rings. The third kappa shape index (κ3) is 5.82. The number of anilines is 1. The predicted octanol–water partition coefficient (Wildman–Crippen LogP) is 4.47. The van der Waals surface area contributed by atoms with Crippen molar-refractivity contribution in [2.75, 3.05) is 10.8 Å². The Hall–Kier alpha value is -2.34. The standard InChI is InChI=1S/C23H32N2O3S/c1-16(2)19(6)24-23(26)15-25(21-11-9-20(10-12-21)17(3)4)29(27,28)22-13-7-18(5)8-14-22/h7-14,16-17,19H,15H2,1-6H3,(H,24,26)/t19-/m0/s1. The third-order valence-electron chi connectivity index (χ3n) is 5.13. The van der Waals surface area contributed by atoms with E-state index in [0.29, 0.717) is 11.6 Å². The van der Waals surface area contributed by atoms with Crippen LogP contribution in [0.5, 0.6) is 0 Å². The van der Waals surface area contributed by atoms with E-state index in [1.807, 2.05) is 39.8 Å². The highest BCUT2D eigenvalue weighted by molar-refractivity contribution is 7.92. The topological polar surface area (TPSA) is 66.5 Å². The van der Waals surface area contributed by atoms with E-state index in [4.69, 9.17) is 0 Å². The van der Waals surface area contributed by atoms with Gasteiger partial charge < -0.3 is 5.32 Å². The first-order valence-electron chi connectivity index (χ1n) is 10.0. The van der Waals surface area contributed by atoms with Gasteiger partial charge in [0.1, 0.15) is 6.54 Å². The number of aryl methyl sites for hydroxylation is 1. The van der Waals surface area contributed by atoms with Crippen LogP contribution in [0, 0.1) is 12.8 Å². The summed E-state index contributed by atoms with van der Waals surface area (Å²) in [6, 6.07) is 14.0. The number of sulfonamides is 1. The third-order valence-corrected chi connectivity index (χ3v) is 6.92. The molecule has 0 radical (unpaired) electrons. The molecule has 1 N–H and O–H groups in total. The molecular weight excluding hydrogens is 384 g/mol. The second-order valence-corrected chi connectivity index (χ2v) is 10.0. The maximum Gasteiger partial charge on any atom is 0.264 e. The minimum atomic E-state index is -3.88. The maximum absolute atomic E-state index is 13.4. The van der Waals surface area contributed by atoms with Crippen molar-refractivity contribution in [3.63, 3.8) is 0 Å². The van der Waals surface area contributed by atoms with Crippen molar-refractivity contribution in [2.24, 2.45) is 5.92 Å². The van der Waals surface area contributed by atoms with Crippen LogP contribution in [0.4, 0.5) is 5.69 Å². The Kier molecular flexibility index (Phi) is 7.47. The number of carbonyl (C=O) groups excluding carboxylic acids is 1. The molecule has 0 aliphatic carbocycles. The van der Waals surface area contributed by atoms with E-state index < -0.39 is 10.0 Å². The molecule has 5 nitrogen and oxygen atoms in total. The monoisotopic (exact) mass is 416 g/mol. The van der Waals surface area contributed by atoms with Crippen molar-refractivity contribution in [3.05, 3.63) is 59.7 Å². The Morgan fingerprint density at radius 2 is 1.48 bits per heavy atom. The van der Waals surface area contributed by atoms with E-state index >= 15 is 0 Å². The van der Waals surface area contributed by atoms with Crippen molar-refractivity contribution < 1.29 is 13.2 Å².